The molecule has 0 aliphatic heterocycles. The van der Waals surface area contributed by atoms with Crippen LogP contribution in [0.15, 0.2) is 139 Å². The maximum Gasteiger partial charge on any atom is 0.338 e. The van der Waals surface area contributed by atoms with Crippen molar-refractivity contribution in [3.05, 3.63) is 166 Å². The van der Waals surface area contributed by atoms with Gasteiger partial charge in [-0.25, -0.2) is 4.79 Å². The number of allylic oxidation sites excluding steroid dienone is 4. The van der Waals surface area contributed by atoms with Gasteiger partial charge >= 0.3 is 5.97 Å². The fourth-order valence-electron chi connectivity index (χ4n) is 6.47. The zero-order chi connectivity index (χ0) is 44.8. The topological polar surface area (TPSA) is 203 Å². The molecule has 0 amide bonds. The Morgan fingerprint density at radius 3 is 1.22 bits per heavy atom. The maximum atomic E-state index is 13.8. The number of hydrogen-bond donors (Lipinski definition) is 0. The Morgan fingerprint density at radius 2 is 0.841 bits per heavy atom. The van der Waals surface area contributed by atoms with Crippen LogP contribution in [0.25, 0.3) is 11.1 Å². The summed E-state index contributed by atoms with van der Waals surface area (Å²) in [5.41, 5.74) is 5.22. The van der Waals surface area contributed by atoms with Crippen molar-refractivity contribution < 1.29 is 23.7 Å². The second-order valence-electron chi connectivity index (χ2n) is 13.5. The van der Waals surface area contributed by atoms with Crippen molar-refractivity contribution in [2.45, 2.75) is 13.1 Å². The minimum atomic E-state index is -0.549. The van der Waals surface area contributed by atoms with E-state index in [4.69, 9.17) is 18.9 Å². The van der Waals surface area contributed by atoms with Gasteiger partial charge in [-0.3, -0.25) is 0 Å². The average molecular weight is 833 g/mol. The smallest absolute Gasteiger partial charge is 0.338 e. The number of hydrogen-bond acceptors (Lipinski definition) is 13. The van der Waals surface area contributed by atoms with Gasteiger partial charge in [-0.05, 0) is 82.9 Å². The number of benzene rings is 5. The summed E-state index contributed by atoms with van der Waals surface area (Å²) < 4.78 is 21.7. The molecule has 0 unspecified atom stereocenters. The van der Waals surface area contributed by atoms with E-state index in [1.165, 1.54) is 0 Å². The first-order valence-electron chi connectivity index (χ1n) is 19.6. The Morgan fingerprint density at radius 1 is 0.460 bits per heavy atom. The van der Waals surface area contributed by atoms with Crippen molar-refractivity contribution >= 4 is 39.9 Å². The summed E-state index contributed by atoms with van der Waals surface area (Å²) in [5, 5.41) is 57.3. The lowest BCUT2D eigenvalue weighted by Crippen LogP contribution is -2.20. The minimum Gasteiger partial charge on any atom is -0.460 e. The van der Waals surface area contributed by atoms with Gasteiger partial charge in [-0.15, -0.1) is 0 Å². The van der Waals surface area contributed by atoms with Crippen LogP contribution < -0.4 is 9.80 Å². The second kappa shape index (κ2) is 23.9. The van der Waals surface area contributed by atoms with Crippen LogP contribution in [0.4, 0.5) is 22.7 Å². The highest BCUT2D eigenvalue weighted by Crippen LogP contribution is 2.33. The number of anilines is 4. The Balaban J connectivity index is 1.53. The molecule has 0 aliphatic carbocycles. The summed E-state index contributed by atoms with van der Waals surface area (Å²) in [6, 6.07) is 49.9. The van der Waals surface area contributed by atoms with Gasteiger partial charge in [0, 0.05) is 42.9 Å². The molecule has 0 bridgehead atoms. The third-order valence-corrected chi connectivity index (χ3v) is 9.48. The van der Waals surface area contributed by atoms with Crippen LogP contribution in [-0.4, -0.2) is 52.7 Å². The molecule has 0 heterocycles. The first-order chi connectivity index (χ1) is 30.9. The molecule has 5 rings (SSSR count). The van der Waals surface area contributed by atoms with E-state index in [1.54, 1.807) is 92.1 Å². The molecule has 0 aromatic heterocycles. The third kappa shape index (κ3) is 12.5. The van der Waals surface area contributed by atoms with E-state index in [1.807, 2.05) is 88.7 Å². The number of nitrogens with zero attached hydrogens (tertiary/aromatic N) is 8. The van der Waals surface area contributed by atoms with Crippen LogP contribution in [-0.2, 0) is 32.0 Å². The molecule has 13 nitrogen and oxygen atoms in total. The van der Waals surface area contributed by atoms with Gasteiger partial charge in [0.25, 0.3) is 0 Å². The molecule has 0 N–H and O–H groups in total. The lowest BCUT2D eigenvalue weighted by atomic mass is 10.0. The fraction of sp³-hybridized carbons (Fsp3) is 0.180. The van der Waals surface area contributed by atoms with Crippen molar-refractivity contribution in [2.75, 3.05) is 56.6 Å². The van der Waals surface area contributed by atoms with E-state index in [0.29, 0.717) is 43.1 Å². The van der Waals surface area contributed by atoms with Crippen molar-refractivity contribution in [2.24, 2.45) is 0 Å². The molecule has 63 heavy (non-hydrogen) atoms. The number of ether oxygens (including phenoxy) is 4. The van der Waals surface area contributed by atoms with Crippen LogP contribution in [0.5, 0.6) is 0 Å². The van der Waals surface area contributed by atoms with Crippen LogP contribution in [0.1, 0.15) is 32.6 Å². The Bertz CT molecular complexity index is 2480. The van der Waals surface area contributed by atoms with Gasteiger partial charge < -0.3 is 28.7 Å². The van der Waals surface area contributed by atoms with Crippen LogP contribution in [0, 0.1) is 68.0 Å². The predicted octanol–water partition coefficient (Wildman–Crippen LogP) is 8.85. The van der Waals surface area contributed by atoms with Gasteiger partial charge in [0.15, 0.2) is 0 Å². The molecule has 5 aromatic rings. The summed E-state index contributed by atoms with van der Waals surface area (Å²) in [6.07, 6.45) is 0. The van der Waals surface area contributed by atoms with E-state index in [-0.39, 0.29) is 48.6 Å². The molecule has 310 valence electrons. The highest BCUT2D eigenvalue weighted by atomic mass is 16.6. The molecular formula is C50H40N8O5. The summed E-state index contributed by atoms with van der Waals surface area (Å²) in [7, 11) is 1.60. The van der Waals surface area contributed by atoms with Crippen molar-refractivity contribution in [1.82, 2.24) is 0 Å². The number of carbonyl (C=O) groups excluding carboxylic acids is 1. The summed E-state index contributed by atoms with van der Waals surface area (Å²) in [6.45, 7) is 2.38. The Kier molecular flexibility index (Phi) is 17.3. The van der Waals surface area contributed by atoms with E-state index >= 15 is 0 Å². The summed E-state index contributed by atoms with van der Waals surface area (Å²) >= 11 is 0. The second-order valence-corrected chi connectivity index (χ2v) is 13.5. The van der Waals surface area contributed by atoms with Gasteiger partial charge in [0.05, 0.1) is 49.7 Å². The predicted molar refractivity (Wildman–Crippen MR) is 235 cm³/mol. The Hall–Kier alpha value is -8.53. The minimum absolute atomic E-state index is 0.0122. The van der Waals surface area contributed by atoms with Crippen LogP contribution in [0.3, 0.4) is 0 Å². The number of para-hydroxylation sites is 2. The number of esters is 1. The van der Waals surface area contributed by atoms with Gasteiger partial charge in [-0.2, -0.15) is 31.6 Å². The van der Waals surface area contributed by atoms with Gasteiger partial charge in [-0.1, -0.05) is 66.7 Å². The van der Waals surface area contributed by atoms with Crippen LogP contribution in [0.2, 0.25) is 0 Å². The molecule has 5 aromatic carbocycles. The van der Waals surface area contributed by atoms with E-state index < -0.39 is 5.97 Å². The van der Waals surface area contributed by atoms with E-state index in [0.717, 1.165) is 33.9 Å². The number of methoxy groups -OCH3 is 1. The molecule has 0 atom stereocenters. The lowest BCUT2D eigenvalue weighted by molar-refractivity contribution is 0.00569. The molecule has 0 aliphatic rings. The first kappa shape index (κ1) is 45.6. The molecule has 0 saturated carbocycles. The molecule has 0 radical (unpaired) electrons. The molecule has 13 heteroatoms. The van der Waals surface area contributed by atoms with Gasteiger partial charge in [0.1, 0.15) is 54.2 Å². The lowest BCUT2D eigenvalue weighted by Gasteiger charge is -2.28. The highest BCUT2D eigenvalue weighted by Gasteiger charge is 2.19. The van der Waals surface area contributed by atoms with Crippen molar-refractivity contribution in [1.29, 1.82) is 31.6 Å². The number of nitriles is 6. The maximum absolute atomic E-state index is 13.8. The zero-order valence-corrected chi connectivity index (χ0v) is 34.4. The SMILES string of the molecule is COCCOCCOCCOC(=O)c1cc(CN(c2ccccc2)c2ccc(C(C#N)=C(C#N)C#N)cc2)cc(CN(c2ccccc2)c2ccc(C(C#N)=C(C#N)C#N)cc2)c1. The number of carbonyl (C=O) groups is 1. The zero-order valence-electron chi connectivity index (χ0n) is 34.4. The summed E-state index contributed by atoms with van der Waals surface area (Å²) in [5.74, 6) is -0.549. The monoisotopic (exact) mass is 832 g/mol. The van der Waals surface area contributed by atoms with E-state index in [2.05, 4.69) is 0 Å². The standard InChI is InChI=1S/C50H40N8O5/c1-60-20-21-61-22-23-62-24-25-63-50(59)41-27-37(35-57(44-8-4-2-5-9-44)46-16-12-39(13-17-46)48(33-55)42(29-51)30-52)26-38(28-41)36-58(45-10-6-3-7-11-45)47-18-14-40(15-19-47)49(34-56)43(31-53)32-54/h2-19,26-28H,20-25,35-36H2,1H3. The quantitative estimate of drug-likeness (QED) is 0.0409. The van der Waals surface area contributed by atoms with Crippen LogP contribution >= 0.6 is 0 Å². The molecule has 0 fully saturated rings. The largest absolute Gasteiger partial charge is 0.460 e. The summed E-state index contributed by atoms with van der Waals surface area (Å²) in [4.78, 5) is 17.9. The highest BCUT2D eigenvalue weighted by molar-refractivity contribution is 5.90. The van der Waals surface area contributed by atoms with Crippen molar-refractivity contribution in [3.8, 4) is 36.4 Å². The van der Waals surface area contributed by atoms with Gasteiger partial charge in [0.2, 0.25) is 0 Å². The number of rotatable bonds is 20. The average Bonchev–Trinajstić information content (AvgIpc) is 3.33. The Labute approximate surface area is 366 Å². The normalized spacial score (nSPS) is 10.0. The van der Waals surface area contributed by atoms with E-state index in [9.17, 15) is 36.4 Å². The fourth-order valence-corrected chi connectivity index (χ4v) is 6.47. The third-order valence-electron chi connectivity index (χ3n) is 9.48. The molecule has 0 spiro atoms. The molecule has 0 saturated heterocycles. The first-order valence-corrected chi connectivity index (χ1v) is 19.6. The molecular weight excluding hydrogens is 793 g/mol. The van der Waals surface area contributed by atoms with Crippen molar-refractivity contribution in [3.63, 3.8) is 0 Å².